The molecule has 1 aromatic heterocycles. The van der Waals surface area contributed by atoms with Crippen LogP contribution >= 0.6 is 0 Å². The van der Waals surface area contributed by atoms with Gasteiger partial charge in [-0.25, -0.2) is 4.68 Å². The first kappa shape index (κ1) is 18.7. The van der Waals surface area contributed by atoms with Crippen LogP contribution in [-0.4, -0.2) is 9.36 Å². The molecule has 0 spiro atoms. The SMILES string of the molecule is CC1(C)C2CC[C@]1(C)c1c2c(=O)n(-c2ccc3ccccc3c2)n1Cc1ccccc1. The van der Waals surface area contributed by atoms with E-state index in [1.807, 2.05) is 10.7 Å². The molecule has 0 amide bonds. The van der Waals surface area contributed by atoms with Crippen LogP contribution in [0.2, 0.25) is 0 Å². The van der Waals surface area contributed by atoms with Crippen molar-refractivity contribution in [3.63, 3.8) is 0 Å². The van der Waals surface area contributed by atoms with E-state index >= 15 is 0 Å². The van der Waals surface area contributed by atoms with E-state index in [1.54, 1.807) is 0 Å². The molecule has 3 aromatic carbocycles. The highest BCUT2D eigenvalue weighted by molar-refractivity contribution is 5.84. The quantitative estimate of drug-likeness (QED) is 0.407. The minimum atomic E-state index is 0.0169. The third kappa shape index (κ3) is 2.38. The monoisotopic (exact) mass is 408 g/mol. The van der Waals surface area contributed by atoms with Gasteiger partial charge in [-0.2, -0.15) is 0 Å². The Hall–Kier alpha value is -3.07. The van der Waals surface area contributed by atoms with Crippen LogP contribution in [0.15, 0.2) is 77.6 Å². The average molecular weight is 409 g/mol. The van der Waals surface area contributed by atoms with Gasteiger partial charge < -0.3 is 0 Å². The van der Waals surface area contributed by atoms with E-state index in [1.165, 1.54) is 16.6 Å². The van der Waals surface area contributed by atoms with Crippen molar-refractivity contribution < 1.29 is 0 Å². The lowest BCUT2D eigenvalue weighted by Crippen LogP contribution is -2.36. The standard InChI is InChI=1S/C28H28N2O/c1-27(2)23-15-16-28(27,3)25-24(23)26(31)30(29(25)18-19-9-5-4-6-10-19)22-14-13-20-11-7-8-12-21(20)17-22/h4-14,17,23H,15-16,18H2,1-3H3/t23?,28-/m1/s1. The number of rotatable bonds is 3. The lowest BCUT2D eigenvalue weighted by Gasteiger charge is -2.36. The minimum absolute atomic E-state index is 0.0169. The molecule has 0 saturated heterocycles. The normalized spacial score (nSPS) is 23.4. The van der Waals surface area contributed by atoms with Crippen molar-refractivity contribution in [1.82, 2.24) is 9.36 Å². The van der Waals surface area contributed by atoms with Crippen LogP contribution in [0.5, 0.6) is 0 Å². The van der Waals surface area contributed by atoms with Crippen LogP contribution in [0.3, 0.4) is 0 Å². The fourth-order valence-electron chi connectivity index (χ4n) is 6.36. The van der Waals surface area contributed by atoms with E-state index in [0.29, 0.717) is 12.5 Å². The van der Waals surface area contributed by atoms with Gasteiger partial charge in [0.2, 0.25) is 0 Å². The number of nitrogens with zero attached hydrogens (tertiary/aromatic N) is 2. The summed E-state index contributed by atoms with van der Waals surface area (Å²) in [5, 5.41) is 2.36. The highest BCUT2D eigenvalue weighted by Crippen LogP contribution is 2.67. The molecule has 3 nitrogen and oxygen atoms in total. The zero-order chi connectivity index (χ0) is 21.4. The highest BCUT2D eigenvalue weighted by atomic mass is 16.1. The van der Waals surface area contributed by atoms with Gasteiger partial charge >= 0.3 is 0 Å². The molecule has 1 saturated carbocycles. The maximum Gasteiger partial charge on any atom is 0.275 e. The van der Waals surface area contributed by atoms with E-state index in [-0.39, 0.29) is 16.4 Å². The molecule has 0 N–H and O–H groups in total. The molecule has 4 aromatic rings. The summed E-state index contributed by atoms with van der Waals surface area (Å²) in [4.78, 5) is 14.0. The van der Waals surface area contributed by atoms with Crippen LogP contribution in [0.4, 0.5) is 0 Å². The van der Waals surface area contributed by atoms with Crippen LogP contribution in [0, 0.1) is 5.41 Å². The summed E-state index contributed by atoms with van der Waals surface area (Å²) in [6.07, 6.45) is 2.26. The maximum atomic E-state index is 14.0. The summed E-state index contributed by atoms with van der Waals surface area (Å²) in [7, 11) is 0. The zero-order valence-corrected chi connectivity index (χ0v) is 18.4. The number of benzene rings is 3. The molecule has 2 aliphatic carbocycles. The van der Waals surface area contributed by atoms with E-state index in [0.717, 1.165) is 29.5 Å². The van der Waals surface area contributed by atoms with Crippen molar-refractivity contribution in [1.29, 1.82) is 0 Å². The number of hydrogen-bond donors (Lipinski definition) is 0. The second-order valence-electron chi connectivity index (χ2n) is 10.1. The van der Waals surface area contributed by atoms with Gasteiger partial charge in [-0.15, -0.1) is 0 Å². The predicted molar refractivity (Wildman–Crippen MR) is 126 cm³/mol. The van der Waals surface area contributed by atoms with E-state index in [2.05, 4.69) is 92.2 Å². The second-order valence-corrected chi connectivity index (χ2v) is 10.1. The summed E-state index contributed by atoms with van der Waals surface area (Å²) in [5.41, 5.74) is 4.79. The van der Waals surface area contributed by atoms with Crippen LogP contribution in [-0.2, 0) is 12.0 Å². The summed E-state index contributed by atoms with van der Waals surface area (Å²) in [6, 6.07) is 25.2. The third-order valence-corrected chi connectivity index (χ3v) is 8.43. The summed E-state index contributed by atoms with van der Waals surface area (Å²) < 4.78 is 4.24. The van der Waals surface area contributed by atoms with Crippen molar-refractivity contribution in [3.8, 4) is 5.69 Å². The van der Waals surface area contributed by atoms with E-state index < -0.39 is 0 Å². The van der Waals surface area contributed by atoms with E-state index in [4.69, 9.17) is 0 Å². The zero-order valence-electron chi connectivity index (χ0n) is 18.4. The first-order valence-electron chi connectivity index (χ1n) is 11.3. The molecule has 3 heteroatoms. The summed E-state index contributed by atoms with van der Waals surface area (Å²) in [6.45, 7) is 7.80. The van der Waals surface area contributed by atoms with Gasteiger partial charge in [-0.1, -0.05) is 81.4 Å². The van der Waals surface area contributed by atoms with Crippen molar-refractivity contribution in [2.45, 2.75) is 51.5 Å². The van der Waals surface area contributed by atoms with E-state index in [9.17, 15) is 4.79 Å². The fraction of sp³-hybridized carbons (Fsp3) is 0.321. The van der Waals surface area contributed by atoms with Gasteiger partial charge in [0, 0.05) is 11.0 Å². The third-order valence-electron chi connectivity index (χ3n) is 8.43. The Kier molecular flexibility index (Phi) is 3.75. The van der Waals surface area contributed by atoms with Crippen molar-refractivity contribution in [2.24, 2.45) is 5.41 Å². The van der Waals surface area contributed by atoms with Gasteiger partial charge in [0.15, 0.2) is 0 Å². The Labute approximate surface area is 182 Å². The first-order valence-corrected chi connectivity index (χ1v) is 11.3. The molecule has 156 valence electrons. The molecule has 1 heterocycles. The fourth-order valence-corrected chi connectivity index (χ4v) is 6.36. The Morgan fingerprint density at radius 1 is 0.903 bits per heavy atom. The van der Waals surface area contributed by atoms with Crippen LogP contribution < -0.4 is 5.56 Å². The molecule has 2 aliphatic rings. The molecule has 1 fully saturated rings. The van der Waals surface area contributed by atoms with Crippen LogP contribution in [0.1, 0.15) is 56.4 Å². The Morgan fingerprint density at radius 2 is 1.61 bits per heavy atom. The topological polar surface area (TPSA) is 26.9 Å². The van der Waals surface area contributed by atoms with Gasteiger partial charge in [-0.05, 0) is 52.6 Å². The average Bonchev–Trinajstić information content (AvgIpc) is 3.26. The molecular formula is C28H28N2O. The molecule has 31 heavy (non-hydrogen) atoms. The van der Waals surface area contributed by atoms with Crippen molar-refractivity contribution >= 4 is 10.8 Å². The molecule has 2 bridgehead atoms. The van der Waals surface area contributed by atoms with Crippen molar-refractivity contribution in [3.05, 3.63) is 100.0 Å². The number of hydrogen-bond acceptors (Lipinski definition) is 1. The molecule has 0 radical (unpaired) electrons. The summed E-state index contributed by atoms with van der Waals surface area (Å²) in [5.74, 6) is 0.337. The lowest BCUT2D eigenvalue weighted by molar-refractivity contribution is 0.216. The van der Waals surface area contributed by atoms with Gasteiger partial charge in [0.1, 0.15) is 0 Å². The second kappa shape index (κ2) is 6.23. The number of fused-ring (bicyclic) bond motifs is 6. The highest BCUT2D eigenvalue weighted by Gasteiger charge is 2.62. The van der Waals surface area contributed by atoms with Crippen LogP contribution in [0.25, 0.3) is 16.5 Å². The van der Waals surface area contributed by atoms with Gasteiger partial charge in [-0.3, -0.25) is 9.48 Å². The first-order chi connectivity index (χ1) is 14.9. The molecule has 0 aliphatic heterocycles. The Balaban J connectivity index is 1.64. The molecule has 1 unspecified atom stereocenters. The molecule has 6 rings (SSSR count). The molecular weight excluding hydrogens is 380 g/mol. The van der Waals surface area contributed by atoms with Crippen molar-refractivity contribution in [2.75, 3.05) is 0 Å². The largest absolute Gasteiger partial charge is 0.277 e. The van der Waals surface area contributed by atoms with Gasteiger partial charge in [0.25, 0.3) is 5.56 Å². The Morgan fingerprint density at radius 3 is 2.39 bits per heavy atom. The number of aromatic nitrogens is 2. The summed E-state index contributed by atoms with van der Waals surface area (Å²) >= 11 is 0. The smallest absolute Gasteiger partial charge is 0.275 e. The lowest BCUT2D eigenvalue weighted by atomic mass is 9.70. The van der Waals surface area contributed by atoms with Gasteiger partial charge in [0.05, 0.1) is 17.9 Å². The maximum absolute atomic E-state index is 14.0. The minimum Gasteiger partial charge on any atom is -0.277 e. The predicted octanol–water partition coefficient (Wildman–Crippen LogP) is 6.02. The molecule has 2 atom stereocenters. The Bertz CT molecular complexity index is 1380.